The third-order valence-electron chi connectivity index (χ3n) is 2.52. The second-order valence-corrected chi connectivity index (χ2v) is 3.88. The largest absolute Gasteiger partial charge is 0.478 e. The highest BCUT2D eigenvalue weighted by Crippen LogP contribution is 2.19. The maximum absolute atomic E-state index is 5.54. The first-order valence-corrected chi connectivity index (χ1v) is 5.94. The summed E-state index contributed by atoms with van der Waals surface area (Å²) in [6.07, 6.45) is 9.63. The van der Waals surface area contributed by atoms with Crippen LogP contribution in [0.2, 0.25) is 0 Å². The number of furan rings is 1. The van der Waals surface area contributed by atoms with E-state index in [-0.39, 0.29) is 0 Å². The van der Waals surface area contributed by atoms with Crippen molar-refractivity contribution in [2.45, 2.75) is 26.2 Å². The van der Waals surface area contributed by atoms with Gasteiger partial charge in [0.2, 0.25) is 5.88 Å². The first-order chi connectivity index (χ1) is 8.40. The quantitative estimate of drug-likeness (QED) is 0.709. The number of hydrogen-bond donors (Lipinski definition) is 0. The van der Waals surface area contributed by atoms with Crippen molar-refractivity contribution in [1.29, 1.82) is 0 Å². The summed E-state index contributed by atoms with van der Waals surface area (Å²) in [6, 6.07) is 5.70. The van der Waals surface area contributed by atoms with Crippen LogP contribution in [0.5, 0.6) is 5.88 Å². The highest BCUT2D eigenvalue weighted by Gasteiger charge is 2.01. The molecule has 0 spiro atoms. The van der Waals surface area contributed by atoms with Crippen molar-refractivity contribution < 1.29 is 9.15 Å². The van der Waals surface area contributed by atoms with Crippen LogP contribution in [0.4, 0.5) is 0 Å². The number of hydrogen-bond acceptors (Lipinski definition) is 3. The summed E-state index contributed by atoms with van der Waals surface area (Å²) in [5.74, 6) is 0.674. The fourth-order valence-electron chi connectivity index (χ4n) is 1.54. The molecule has 3 heteroatoms. The molecule has 0 bridgehead atoms. The molecule has 0 atom stereocenters. The Hall–Kier alpha value is -1.77. The van der Waals surface area contributed by atoms with E-state index < -0.39 is 0 Å². The minimum absolute atomic E-state index is 0.674. The lowest BCUT2D eigenvalue weighted by Crippen LogP contribution is -1.98. The third-order valence-corrected chi connectivity index (χ3v) is 2.52. The molecule has 0 N–H and O–H groups in total. The van der Waals surface area contributed by atoms with Crippen LogP contribution in [0.1, 0.15) is 26.2 Å². The van der Waals surface area contributed by atoms with Gasteiger partial charge in [0.15, 0.2) is 6.26 Å². The summed E-state index contributed by atoms with van der Waals surface area (Å²) in [6.45, 7) is 2.91. The first kappa shape index (κ1) is 11.7. The van der Waals surface area contributed by atoms with E-state index in [0.29, 0.717) is 5.88 Å². The highest BCUT2D eigenvalue weighted by molar-refractivity contribution is 5.60. The number of ether oxygens (including phenoxy) is 1. The van der Waals surface area contributed by atoms with Crippen molar-refractivity contribution in [2.24, 2.45) is 0 Å². The number of aromatic nitrogens is 1. The SMILES string of the molecule is CCCCCOc1ccc(-c2[c]occ2)cn1. The van der Waals surface area contributed by atoms with E-state index in [2.05, 4.69) is 18.2 Å². The van der Waals surface area contributed by atoms with Gasteiger partial charge in [0, 0.05) is 23.4 Å². The van der Waals surface area contributed by atoms with E-state index in [1.54, 1.807) is 12.5 Å². The Balaban J connectivity index is 1.90. The van der Waals surface area contributed by atoms with E-state index in [0.717, 1.165) is 24.2 Å². The summed E-state index contributed by atoms with van der Waals surface area (Å²) in [5.41, 5.74) is 1.90. The van der Waals surface area contributed by atoms with Gasteiger partial charge in [-0.2, -0.15) is 0 Å². The molecular weight excluding hydrogens is 214 g/mol. The van der Waals surface area contributed by atoms with Gasteiger partial charge < -0.3 is 9.15 Å². The van der Waals surface area contributed by atoms with Gasteiger partial charge in [-0.15, -0.1) is 0 Å². The zero-order chi connectivity index (χ0) is 11.9. The predicted molar refractivity (Wildman–Crippen MR) is 65.8 cm³/mol. The topological polar surface area (TPSA) is 35.3 Å². The maximum atomic E-state index is 5.54. The minimum Gasteiger partial charge on any atom is -0.478 e. The Morgan fingerprint density at radius 2 is 2.24 bits per heavy atom. The summed E-state index contributed by atoms with van der Waals surface area (Å²) in [5, 5.41) is 0. The molecule has 0 saturated carbocycles. The van der Waals surface area contributed by atoms with Crippen LogP contribution in [0.3, 0.4) is 0 Å². The molecule has 0 aromatic carbocycles. The minimum atomic E-state index is 0.674. The van der Waals surface area contributed by atoms with E-state index >= 15 is 0 Å². The molecule has 17 heavy (non-hydrogen) atoms. The van der Waals surface area contributed by atoms with Crippen molar-refractivity contribution in [3.05, 3.63) is 36.9 Å². The highest BCUT2D eigenvalue weighted by atomic mass is 16.5. The van der Waals surface area contributed by atoms with E-state index in [1.165, 1.54) is 12.8 Å². The lowest BCUT2D eigenvalue weighted by atomic mass is 10.2. The van der Waals surface area contributed by atoms with Gasteiger partial charge in [-0.05, 0) is 18.6 Å². The Morgan fingerprint density at radius 3 is 2.88 bits per heavy atom. The van der Waals surface area contributed by atoms with E-state index in [1.807, 2.05) is 18.2 Å². The Kier molecular flexibility index (Phi) is 4.19. The average Bonchev–Trinajstić information content (AvgIpc) is 2.89. The van der Waals surface area contributed by atoms with Gasteiger partial charge in [0.05, 0.1) is 12.9 Å². The van der Waals surface area contributed by atoms with Crippen molar-refractivity contribution in [1.82, 2.24) is 4.98 Å². The number of rotatable bonds is 6. The Bertz CT molecular complexity index is 420. The molecule has 2 aromatic rings. The van der Waals surface area contributed by atoms with Crippen molar-refractivity contribution in [3.8, 4) is 17.0 Å². The molecule has 89 valence electrons. The number of unbranched alkanes of at least 4 members (excludes halogenated alkanes) is 2. The molecular formula is C14H16NO2. The molecule has 0 saturated heterocycles. The molecule has 2 aromatic heterocycles. The van der Waals surface area contributed by atoms with Gasteiger partial charge in [-0.1, -0.05) is 19.8 Å². The van der Waals surface area contributed by atoms with Crippen LogP contribution in [0, 0.1) is 6.26 Å². The standard InChI is InChI=1S/C14H16NO2/c1-2-3-4-8-17-14-6-5-12(10-15-14)13-7-9-16-11-13/h5-7,9-10H,2-4,8H2,1H3. The fraction of sp³-hybridized carbons (Fsp3) is 0.357. The third kappa shape index (κ3) is 3.34. The van der Waals surface area contributed by atoms with Crippen molar-refractivity contribution >= 4 is 0 Å². The van der Waals surface area contributed by atoms with Crippen molar-refractivity contribution in [3.63, 3.8) is 0 Å². The Morgan fingerprint density at radius 1 is 1.29 bits per heavy atom. The van der Waals surface area contributed by atoms with Gasteiger partial charge in [-0.25, -0.2) is 4.98 Å². The summed E-state index contributed by atoms with van der Waals surface area (Å²) in [4.78, 5) is 4.25. The van der Waals surface area contributed by atoms with Crippen LogP contribution >= 0.6 is 0 Å². The summed E-state index contributed by atoms with van der Waals surface area (Å²) in [7, 11) is 0. The zero-order valence-corrected chi connectivity index (χ0v) is 9.98. The van der Waals surface area contributed by atoms with E-state index in [9.17, 15) is 0 Å². The summed E-state index contributed by atoms with van der Waals surface area (Å²) < 4.78 is 10.4. The summed E-state index contributed by atoms with van der Waals surface area (Å²) >= 11 is 0. The predicted octanol–water partition coefficient (Wildman–Crippen LogP) is 3.71. The normalized spacial score (nSPS) is 10.4. The van der Waals surface area contributed by atoms with Gasteiger partial charge >= 0.3 is 0 Å². The fourth-order valence-corrected chi connectivity index (χ4v) is 1.54. The second-order valence-electron chi connectivity index (χ2n) is 3.88. The lowest BCUT2D eigenvalue weighted by Gasteiger charge is -2.04. The van der Waals surface area contributed by atoms with Crippen LogP contribution in [-0.2, 0) is 0 Å². The van der Waals surface area contributed by atoms with Crippen LogP contribution in [-0.4, -0.2) is 11.6 Å². The molecule has 0 aliphatic heterocycles. The lowest BCUT2D eigenvalue weighted by molar-refractivity contribution is 0.295. The van der Waals surface area contributed by atoms with Crippen LogP contribution < -0.4 is 4.74 Å². The van der Waals surface area contributed by atoms with Gasteiger partial charge in [-0.3, -0.25) is 0 Å². The van der Waals surface area contributed by atoms with Crippen molar-refractivity contribution in [2.75, 3.05) is 6.61 Å². The second kappa shape index (κ2) is 6.09. The molecule has 0 amide bonds. The first-order valence-electron chi connectivity index (χ1n) is 5.94. The van der Waals surface area contributed by atoms with E-state index in [4.69, 9.17) is 9.15 Å². The molecule has 0 unspecified atom stereocenters. The molecule has 3 nitrogen and oxygen atoms in total. The van der Waals surface area contributed by atoms with Gasteiger partial charge in [0.1, 0.15) is 0 Å². The molecule has 0 fully saturated rings. The van der Waals surface area contributed by atoms with Crippen LogP contribution in [0.25, 0.3) is 11.1 Å². The molecule has 2 heterocycles. The monoisotopic (exact) mass is 230 g/mol. The maximum Gasteiger partial charge on any atom is 0.213 e. The molecule has 2 rings (SSSR count). The molecule has 0 aliphatic carbocycles. The van der Waals surface area contributed by atoms with Gasteiger partial charge in [0.25, 0.3) is 0 Å². The molecule has 0 aliphatic rings. The Labute approximate surface area is 101 Å². The zero-order valence-electron chi connectivity index (χ0n) is 9.98. The smallest absolute Gasteiger partial charge is 0.213 e. The molecule has 1 radical (unpaired) electrons. The van der Waals surface area contributed by atoms with Crippen LogP contribution in [0.15, 0.2) is 35.1 Å². The number of nitrogens with zero attached hydrogens (tertiary/aromatic N) is 1. The number of pyridine rings is 1. The average molecular weight is 230 g/mol.